The molecular formula is C11H25N3. The fraction of sp³-hybridized carbons (Fsp3) is 0.818. The van der Waals surface area contributed by atoms with E-state index in [2.05, 4.69) is 36.7 Å². The molecule has 0 aromatic heterocycles. The Hall–Kier alpha value is -0.560. The zero-order valence-corrected chi connectivity index (χ0v) is 10.1. The summed E-state index contributed by atoms with van der Waals surface area (Å²) in [6.07, 6.45) is 5.21. The van der Waals surface area contributed by atoms with Crippen molar-refractivity contribution in [3.63, 3.8) is 0 Å². The molecule has 0 aliphatic heterocycles. The Morgan fingerprint density at radius 3 is 2.00 bits per heavy atom. The molecule has 14 heavy (non-hydrogen) atoms. The lowest BCUT2D eigenvalue weighted by Crippen LogP contribution is -2.31. The third-order valence-corrected chi connectivity index (χ3v) is 1.63. The molecule has 0 radical (unpaired) electrons. The van der Waals surface area contributed by atoms with Crippen LogP contribution in [0.1, 0.15) is 13.8 Å². The van der Waals surface area contributed by atoms with Crippen LogP contribution >= 0.6 is 0 Å². The summed E-state index contributed by atoms with van der Waals surface area (Å²) in [5.41, 5.74) is 4.85. The van der Waals surface area contributed by atoms with E-state index in [1.54, 1.807) is 0 Å². The van der Waals surface area contributed by atoms with Crippen molar-refractivity contribution in [1.82, 2.24) is 9.80 Å². The predicted molar refractivity (Wildman–Crippen MR) is 64.2 cm³/mol. The second kappa shape index (κ2) is 12.4. The lowest BCUT2D eigenvalue weighted by atomic mass is 10.4. The van der Waals surface area contributed by atoms with Gasteiger partial charge in [-0.3, -0.25) is 4.90 Å². The second-order valence-corrected chi connectivity index (χ2v) is 3.28. The van der Waals surface area contributed by atoms with Crippen LogP contribution in [0.15, 0.2) is 0 Å². The lowest BCUT2D eigenvalue weighted by Gasteiger charge is -2.19. The molecule has 0 spiro atoms. The van der Waals surface area contributed by atoms with Gasteiger partial charge in [0.25, 0.3) is 0 Å². The molecule has 0 atom stereocenters. The molecular weight excluding hydrogens is 174 g/mol. The van der Waals surface area contributed by atoms with E-state index in [1.165, 1.54) is 0 Å². The second-order valence-electron chi connectivity index (χ2n) is 3.28. The first-order valence-electron chi connectivity index (χ1n) is 5.12. The predicted octanol–water partition coefficient (Wildman–Crippen LogP) is 0.468. The van der Waals surface area contributed by atoms with Crippen LogP contribution in [0.25, 0.3) is 0 Å². The highest BCUT2D eigenvalue weighted by molar-refractivity contribution is 4.87. The van der Waals surface area contributed by atoms with Crippen LogP contribution in [0.3, 0.4) is 0 Å². The van der Waals surface area contributed by atoms with Gasteiger partial charge in [-0.15, -0.1) is 6.42 Å². The molecule has 0 unspecified atom stereocenters. The van der Waals surface area contributed by atoms with Gasteiger partial charge in [0, 0.05) is 13.1 Å². The molecule has 0 saturated heterocycles. The quantitative estimate of drug-likeness (QED) is 0.653. The molecule has 0 aliphatic rings. The summed E-state index contributed by atoms with van der Waals surface area (Å²) in [4.78, 5) is 4.42. The van der Waals surface area contributed by atoms with Gasteiger partial charge in [0.15, 0.2) is 0 Å². The van der Waals surface area contributed by atoms with E-state index >= 15 is 0 Å². The molecule has 0 aromatic rings. The van der Waals surface area contributed by atoms with Crippen molar-refractivity contribution in [1.29, 1.82) is 0 Å². The van der Waals surface area contributed by atoms with Gasteiger partial charge in [-0.05, 0) is 27.2 Å². The summed E-state index contributed by atoms with van der Waals surface area (Å²) in [5.74, 6) is 2.65. The van der Waals surface area contributed by atoms with Crippen molar-refractivity contribution in [2.24, 2.45) is 5.73 Å². The van der Waals surface area contributed by atoms with Crippen LogP contribution in [0, 0.1) is 12.3 Å². The fourth-order valence-corrected chi connectivity index (χ4v) is 0.819. The molecule has 2 N–H and O–H groups in total. The molecule has 0 fully saturated rings. The highest BCUT2D eigenvalue weighted by atomic mass is 15.2. The van der Waals surface area contributed by atoms with E-state index in [4.69, 9.17) is 12.2 Å². The maximum Gasteiger partial charge on any atom is 0.0599 e. The van der Waals surface area contributed by atoms with E-state index in [9.17, 15) is 0 Å². The Balaban J connectivity index is 0. The Bertz CT molecular complexity index is 138. The maximum absolute atomic E-state index is 5.21. The molecule has 0 saturated carbocycles. The number of rotatable bonds is 5. The number of terminal acetylenes is 1. The summed E-state index contributed by atoms with van der Waals surface area (Å²) in [5, 5.41) is 0. The molecule has 84 valence electrons. The van der Waals surface area contributed by atoms with Gasteiger partial charge < -0.3 is 10.6 Å². The first-order chi connectivity index (χ1) is 6.62. The van der Waals surface area contributed by atoms with Crippen molar-refractivity contribution >= 4 is 0 Å². The number of hydrogen-bond donors (Lipinski definition) is 1. The molecule has 0 bridgehead atoms. The summed E-state index contributed by atoms with van der Waals surface area (Å²) in [6.45, 7) is 8.73. The summed E-state index contributed by atoms with van der Waals surface area (Å²) in [7, 11) is 4.15. The van der Waals surface area contributed by atoms with Crippen LogP contribution in [0.2, 0.25) is 0 Å². The van der Waals surface area contributed by atoms with Crippen molar-refractivity contribution in [3.8, 4) is 12.3 Å². The summed E-state index contributed by atoms with van der Waals surface area (Å²) < 4.78 is 0. The maximum atomic E-state index is 5.21. The minimum absolute atomic E-state index is 0.750. The molecule has 0 rings (SSSR count). The van der Waals surface area contributed by atoms with Gasteiger partial charge in [-0.25, -0.2) is 0 Å². The Kier molecular flexibility index (Phi) is 14.1. The van der Waals surface area contributed by atoms with Crippen molar-refractivity contribution in [2.45, 2.75) is 13.8 Å². The van der Waals surface area contributed by atoms with Crippen LogP contribution in [-0.2, 0) is 0 Å². The van der Waals surface area contributed by atoms with Crippen LogP contribution in [0.4, 0.5) is 0 Å². The first kappa shape index (κ1) is 15.9. The molecule has 0 aliphatic carbocycles. The average Bonchev–Trinajstić information content (AvgIpc) is 2.13. The minimum Gasteiger partial charge on any atom is -0.331 e. The Morgan fingerprint density at radius 2 is 1.71 bits per heavy atom. The van der Waals surface area contributed by atoms with Crippen LogP contribution in [0.5, 0.6) is 0 Å². The number of nitrogens with two attached hydrogens (primary N) is 1. The molecule has 3 heteroatoms. The topological polar surface area (TPSA) is 32.5 Å². The number of likely N-dealkylation sites (N-methyl/N-ethyl adjacent to an activating group) is 2. The standard InChI is InChI=1S/C9H18N2.C2H7N/c1-5-7-11(6-2)9-8-10(3)4;1-2-3/h1H,6-9H2,2-4H3;2-3H2,1H3. The third-order valence-electron chi connectivity index (χ3n) is 1.63. The monoisotopic (exact) mass is 199 g/mol. The van der Waals surface area contributed by atoms with Gasteiger partial charge in [0.2, 0.25) is 0 Å². The van der Waals surface area contributed by atoms with E-state index in [-0.39, 0.29) is 0 Å². The Labute approximate surface area is 89.3 Å². The van der Waals surface area contributed by atoms with E-state index in [0.717, 1.165) is 32.7 Å². The highest BCUT2D eigenvalue weighted by Gasteiger charge is 1.99. The zero-order valence-electron chi connectivity index (χ0n) is 10.1. The molecule has 3 nitrogen and oxygen atoms in total. The molecule has 0 aromatic carbocycles. The number of hydrogen-bond acceptors (Lipinski definition) is 3. The van der Waals surface area contributed by atoms with E-state index < -0.39 is 0 Å². The zero-order chi connectivity index (χ0) is 11.4. The first-order valence-corrected chi connectivity index (χ1v) is 5.12. The summed E-state index contributed by atoms with van der Waals surface area (Å²) >= 11 is 0. The van der Waals surface area contributed by atoms with Crippen molar-refractivity contribution in [2.75, 3.05) is 46.8 Å². The van der Waals surface area contributed by atoms with Crippen LogP contribution in [-0.4, -0.2) is 56.6 Å². The fourth-order valence-electron chi connectivity index (χ4n) is 0.819. The summed E-state index contributed by atoms with van der Waals surface area (Å²) in [6, 6.07) is 0. The van der Waals surface area contributed by atoms with E-state index in [0.29, 0.717) is 0 Å². The van der Waals surface area contributed by atoms with Gasteiger partial charge in [-0.2, -0.15) is 0 Å². The normalized spacial score (nSPS) is 9.57. The van der Waals surface area contributed by atoms with Crippen molar-refractivity contribution in [3.05, 3.63) is 0 Å². The van der Waals surface area contributed by atoms with Gasteiger partial charge >= 0.3 is 0 Å². The van der Waals surface area contributed by atoms with Crippen LogP contribution < -0.4 is 5.73 Å². The minimum atomic E-state index is 0.750. The smallest absolute Gasteiger partial charge is 0.0599 e. The average molecular weight is 199 g/mol. The Morgan fingerprint density at radius 1 is 1.21 bits per heavy atom. The SMILES string of the molecule is C#CCN(CC)CCN(C)C.CCN. The van der Waals surface area contributed by atoms with Gasteiger partial charge in [0.1, 0.15) is 0 Å². The van der Waals surface area contributed by atoms with Gasteiger partial charge in [0.05, 0.1) is 6.54 Å². The third kappa shape index (κ3) is 14.0. The molecule has 0 heterocycles. The number of nitrogens with zero attached hydrogens (tertiary/aromatic N) is 2. The lowest BCUT2D eigenvalue weighted by molar-refractivity contribution is 0.274. The molecule has 0 amide bonds. The highest BCUT2D eigenvalue weighted by Crippen LogP contribution is 1.86. The van der Waals surface area contributed by atoms with Gasteiger partial charge in [-0.1, -0.05) is 19.8 Å². The van der Waals surface area contributed by atoms with Crippen molar-refractivity contribution < 1.29 is 0 Å². The van der Waals surface area contributed by atoms with E-state index in [1.807, 2.05) is 6.92 Å². The largest absolute Gasteiger partial charge is 0.331 e.